The highest BCUT2D eigenvalue weighted by molar-refractivity contribution is 7.98. The van der Waals surface area contributed by atoms with Crippen LogP contribution in [0.3, 0.4) is 0 Å². The van der Waals surface area contributed by atoms with Gasteiger partial charge in [-0.3, -0.25) is 9.62 Å². The quantitative estimate of drug-likeness (QED) is 0.479. The summed E-state index contributed by atoms with van der Waals surface area (Å²) in [7, 11) is -1.02. The van der Waals surface area contributed by atoms with Crippen LogP contribution in [0.1, 0.15) is 12.8 Å². The second-order valence-corrected chi connectivity index (χ2v) is 4.21. The summed E-state index contributed by atoms with van der Waals surface area (Å²) >= 11 is 0. The summed E-state index contributed by atoms with van der Waals surface area (Å²) in [4.78, 5) is 0. The Labute approximate surface area is 69.5 Å². The lowest BCUT2D eigenvalue weighted by molar-refractivity contribution is 0.408. The Morgan fingerprint density at radius 1 is 1.73 bits per heavy atom. The maximum Gasteiger partial charge on any atom is 0.0819 e. The van der Waals surface area contributed by atoms with Gasteiger partial charge in [-0.1, -0.05) is 0 Å². The van der Waals surface area contributed by atoms with Gasteiger partial charge in [-0.2, -0.15) is 0 Å². The van der Waals surface area contributed by atoms with E-state index in [1.54, 1.807) is 0 Å². The molecule has 2 N–H and O–H groups in total. The van der Waals surface area contributed by atoms with Crippen LogP contribution in [-0.4, -0.2) is 28.6 Å². The first-order valence-corrected chi connectivity index (χ1v) is 5.29. The Balaban J connectivity index is 2.24. The molecule has 2 unspecified atom stereocenters. The van der Waals surface area contributed by atoms with Crippen LogP contribution in [0.25, 0.3) is 0 Å². The standard InChI is InChI=1S/C7H14N2OS/c8-6-11(10)5-7-2-1-3-9-4-7/h6-9H,1-5H2. The summed E-state index contributed by atoms with van der Waals surface area (Å²) in [5.74, 6) is 1.18. The Hall–Kier alpha value is -0.220. The van der Waals surface area contributed by atoms with E-state index in [0.717, 1.165) is 25.1 Å². The molecule has 0 amide bonds. The van der Waals surface area contributed by atoms with Crippen LogP contribution in [0.4, 0.5) is 0 Å². The molecule has 1 aliphatic rings. The van der Waals surface area contributed by atoms with Crippen molar-refractivity contribution in [2.75, 3.05) is 18.8 Å². The van der Waals surface area contributed by atoms with Gasteiger partial charge in [-0.15, -0.1) is 0 Å². The Morgan fingerprint density at radius 2 is 2.55 bits per heavy atom. The molecule has 0 saturated carbocycles. The second kappa shape index (κ2) is 4.62. The summed E-state index contributed by atoms with van der Waals surface area (Å²) in [6.07, 6.45) is 2.34. The van der Waals surface area contributed by atoms with Crippen molar-refractivity contribution in [1.82, 2.24) is 5.32 Å². The van der Waals surface area contributed by atoms with Crippen LogP contribution < -0.4 is 5.32 Å². The predicted molar refractivity (Wildman–Crippen MR) is 47.4 cm³/mol. The SMILES string of the molecule is N=CS(=O)CC1CCCNC1. The normalized spacial score (nSPS) is 27.8. The average molecular weight is 174 g/mol. The highest BCUT2D eigenvalue weighted by Crippen LogP contribution is 2.10. The molecule has 0 spiro atoms. The number of hydrogen-bond acceptors (Lipinski definition) is 3. The fraction of sp³-hybridized carbons (Fsp3) is 0.857. The van der Waals surface area contributed by atoms with Gasteiger partial charge in [0.25, 0.3) is 0 Å². The molecule has 1 fully saturated rings. The molecule has 0 bridgehead atoms. The fourth-order valence-electron chi connectivity index (χ4n) is 1.35. The van der Waals surface area contributed by atoms with E-state index in [2.05, 4.69) is 5.32 Å². The van der Waals surface area contributed by atoms with Crippen LogP contribution in [0.2, 0.25) is 0 Å². The van der Waals surface area contributed by atoms with E-state index in [-0.39, 0.29) is 0 Å². The van der Waals surface area contributed by atoms with Gasteiger partial charge in [-0.05, 0) is 31.8 Å². The van der Waals surface area contributed by atoms with Gasteiger partial charge in [0, 0.05) is 5.75 Å². The zero-order valence-corrected chi connectivity index (χ0v) is 7.32. The van der Waals surface area contributed by atoms with Crippen molar-refractivity contribution in [1.29, 1.82) is 5.41 Å². The number of nitrogens with one attached hydrogen (secondary N) is 2. The van der Waals surface area contributed by atoms with E-state index in [4.69, 9.17) is 5.41 Å². The van der Waals surface area contributed by atoms with Gasteiger partial charge >= 0.3 is 0 Å². The molecule has 3 nitrogen and oxygen atoms in total. The number of hydrogen-bond donors (Lipinski definition) is 2. The molecule has 1 heterocycles. The highest BCUT2D eigenvalue weighted by Gasteiger charge is 2.14. The third-order valence-electron chi connectivity index (χ3n) is 1.93. The molecule has 0 aliphatic carbocycles. The molecule has 2 atom stereocenters. The van der Waals surface area contributed by atoms with E-state index < -0.39 is 10.8 Å². The third kappa shape index (κ3) is 3.12. The van der Waals surface area contributed by atoms with E-state index in [1.807, 2.05) is 0 Å². The van der Waals surface area contributed by atoms with Crippen molar-refractivity contribution in [3.8, 4) is 0 Å². The first-order chi connectivity index (χ1) is 5.33. The van der Waals surface area contributed by atoms with Gasteiger partial charge in [0.2, 0.25) is 0 Å². The Bertz CT molecular complexity index is 155. The lowest BCUT2D eigenvalue weighted by Gasteiger charge is -2.21. The van der Waals surface area contributed by atoms with Gasteiger partial charge in [-0.25, -0.2) is 0 Å². The summed E-state index contributed by atoms with van der Waals surface area (Å²) in [5, 5.41) is 10.0. The van der Waals surface area contributed by atoms with Crippen LogP contribution in [-0.2, 0) is 10.8 Å². The largest absolute Gasteiger partial charge is 0.316 e. The van der Waals surface area contributed by atoms with Crippen molar-refractivity contribution in [3.05, 3.63) is 0 Å². The fourth-order valence-corrected chi connectivity index (χ4v) is 2.19. The lowest BCUT2D eigenvalue weighted by atomic mass is 10.0. The molecule has 0 radical (unpaired) electrons. The highest BCUT2D eigenvalue weighted by atomic mass is 32.2. The van der Waals surface area contributed by atoms with E-state index in [9.17, 15) is 4.21 Å². The molecule has 1 aliphatic heterocycles. The molecule has 64 valence electrons. The summed E-state index contributed by atoms with van der Waals surface area (Å²) < 4.78 is 10.9. The molecular formula is C7H14N2OS. The maximum absolute atomic E-state index is 10.9. The molecule has 4 heteroatoms. The van der Waals surface area contributed by atoms with E-state index >= 15 is 0 Å². The predicted octanol–water partition coefficient (Wildman–Crippen LogP) is 0.342. The molecule has 1 saturated heterocycles. The topological polar surface area (TPSA) is 53.0 Å². The van der Waals surface area contributed by atoms with Crippen LogP contribution >= 0.6 is 0 Å². The summed E-state index contributed by atoms with van der Waals surface area (Å²) in [6.45, 7) is 2.06. The van der Waals surface area contributed by atoms with Crippen LogP contribution in [0.15, 0.2) is 0 Å². The summed E-state index contributed by atoms with van der Waals surface area (Å²) in [5.41, 5.74) is 1.04. The molecule has 0 aromatic rings. The van der Waals surface area contributed by atoms with Crippen molar-refractivity contribution >= 4 is 16.3 Å². The zero-order valence-electron chi connectivity index (χ0n) is 6.51. The van der Waals surface area contributed by atoms with Gasteiger partial charge in [0.15, 0.2) is 0 Å². The molecule has 0 aromatic heterocycles. The zero-order chi connectivity index (χ0) is 8.10. The Morgan fingerprint density at radius 3 is 3.09 bits per heavy atom. The lowest BCUT2D eigenvalue weighted by Crippen LogP contribution is -2.32. The van der Waals surface area contributed by atoms with E-state index in [0.29, 0.717) is 11.7 Å². The van der Waals surface area contributed by atoms with Crippen LogP contribution in [0, 0.1) is 11.3 Å². The summed E-state index contributed by atoms with van der Waals surface area (Å²) in [6, 6.07) is 0. The minimum atomic E-state index is -1.02. The van der Waals surface area contributed by atoms with Crippen molar-refractivity contribution in [3.63, 3.8) is 0 Å². The first kappa shape index (κ1) is 8.87. The van der Waals surface area contributed by atoms with Gasteiger partial charge in [0.1, 0.15) is 0 Å². The average Bonchev–Trinajstić information content (AvgIpc) is 2.06. The van der Waals surface area contributed by atoms with Crippen molar-refractivity contribution < 1.29 is 4.21 Å². The minimum absolute atomic E-state index is 0.520. The molecule has 11 heavy (non-hydrogen) atoms. The van der Waals surface area contributed by atoms with Gasteiger partial charge in [0.05, 0.1) is 16.3 Å². The smallest absolute Gasteiger partial charge is 0.0819 e. The molecule has 0 aromatic carbocycles. The number of piperidine rings is 1. The van der Waals surface area contributed by atoms with Crippen molar-refractivity contribution in [2.24, 2.45) is 5.92 Å². The Kier molecular flexibility index (Phi) is 3.72. The van der Waals surface area contributed by atoms with Crippen molar-refractivity contribution in [2.45, 2.75) is 12.8 Å². The maximum atomic E-state index is 10.9. The van der Waals surface area contributed by atoms with Gasteiger partial charge < -0.3 is 5.32 Å². The van der Waals surface area contributed by atoms with E-state index in [1.165, 1.54) is 6.42 Å². The monoisotopic (exact) mass is 174 g/mol. The minimum Gasteiger partial charge on any atom is -0.316 e. The first-order valence-electron chi connectivity index (χ1n) is 3.91. The second-order valence-electron chi connectivity index (χ2n) is 2.88. The molecular weight excluding hydrogens is 160 g/mol. The van der Waals surface area contributed by atoms with Crippen LogP contribution in [0.5, 0.6) is 0 Å². The number of rotatable bonds is 3. The molecule has 1 rings (SSSR count). The third-order valence-corrected chi connectivity index (χ3v) is 2.99.